The number of benzene rings is 1. The number of carbonyl (C=O) groups is 1. The Hall–Kier alpha value is -1.82. The van der Waals surface area contributed by atoms with Gasteiger partial charge in [0.1, 0.15) is 11.4 Å². The first kappa shape index (κ1) is 13.2. The summed E-state index contributed by atoms with van der Waals surface area (Å²) < 4.78 is 8.19. The molecule has 0 atom stereocenters. The van der Waals surface area contributed by atoms with Crippen molar-refractivity contribution in [1.82, 2.24) is 15.1 Å². The minimum atomic E-state index is -0.116. The van der Waals surface area contributed by atoms with Gasteiger partial charge in [0.25, 0.3) is 5.91 Å². The van der Waals surface area contributed by atoms with Gasteiger partial charge in [0.15, 0.2) is 6.73 Å². The molecule has 1 aliphatic rings. The monoisotopic (exact) mass is 335 g/mol. The van der Waals surface area contributed by atoms with Crippen molar-refractivity contribution >= 4 is 21.8 Å². The SMILES string of the molecule is O=C(NC1CC1)c1ccn(COc2ccc(Br)cc2)n1. The smallest absolute Gasteiger partial charge is 0.271 e. The fourth-order valence-corrected chi connectivity index (χ4v) is 1.98. The van der Waals surface area contributed by atoms with Crippen LogP contribution in [0.15, 0.2) is 41.0 Å². The minimum absolute atomic E-state index is 0.116. The normalized spacial score (nSPS) is 14.1. The summed E-state index contributed by atoms with van der Waals surface area (Å²) in [5, 5.41) is 7.10. The highest BCUT2D eigenvalue weighted by atomic mass is 79.9. The van der Waals surface area contributed by atoms with Crippen LogP contribution in [0.25, 0.3) is 0 Å². The average Bonchev–Trinajstić information content (AvgIpc) is 3.13. The zero-order valence-electron chi connectivity index (χ0n) is 10.8. The summed E-state index contributed by atoms with van der Waals surface area (Å²) in [4.78, 5) is 11.8. The van der Waals surface area contributed by atoms with Crippen LogP contribution in [-0.4, -0.2) is 21.7 Å². The number of rotatable bonds is 5. The Morgan fingerprint density at radius 3 is 2.80 bits per heavy atom. The van der Waals surface area contributed by atoms with Crippen LogP contribution in [0.5, 0.6) is 5.75 Å². The maximum atomic E-state index is 11.8. The number of halogens is 1. The second kappa shape index (κ2) is 5.66. The first-order chi connectivity index (χ1) is 9.70. The Morgan fingerprint density at radius 1 is 1.35 bits per heavy atom. The molecule has 1 aliphatic carbocycles. The predicted molar refractivity (Wildman–Crippen MR) is 77.5 cm³/mol. The zero-order chi connectivity index (χ0) is 13.9. The van der Waals surface area contributed by atoms with E-state index in [4.69, 9.17) is 4.74 Å². The highest BCUT2D eigenvalue weighted by molar-refractivity contribution is 9.10. The van der Waals surface area contributed by atoms with Crippen LogP contribution in [0.4, 0.5) is 0 Å². The summed E-state index contributed by atoms with van der Waals surface area (Å²) in [5.41, 5.74) is 0.427. The van der Waals surface area contributed by atoms with Crippen LogP contribution in [-0.2, 0) is 6.73 Å². The van der Waals surface area contributed by atoms with Gasteiger partial charge < -0.3 is 10.1 Å². The first-order valence-electron chi connectivity index (χ1n) is 6.43. The number of carbonyl (C=O) groups excluding carboxylic acids is 1. The largest absolute Gasteiger partial charge is 0.471 e. The van der Waals surface area contributed by atoms with E-state index in [9.17, 15) is 4.79 Å². The van der Waals surface area contributed by atoms with Crippen LogP contribution in [0.1, 0.15) is 23.3 Å². The lowest BCUT2D eigenvalue weighted by molar-refractivity contribution is 0.0944. The van der Waals surface area contributed by atoms with E-state index in [1.165, 1.54) is 0 Å². The summed E-state index contributed by atoms with van der Waals surface area (Å²) in [5.74, 6) is 0.641. The fraction of sp³-hybridized carbons (Fsp3) is 0.286. The molecule has 104 valence electrons. The fourth-order valence-electron chi connectivity index (χ4n) is 1.71. The van der Waals surface area contributed by atoms with Gasteiger partial charge in [0, 0.05) is 16.7 Å². The van der Waals surface area contributed by atoms with Crippen molar-refractivity contribution in [3.8, 4) is 5.75 Å². The van der Waals surface area contributed by atoms with Crippen LogP contribution in [0, 0.1) is 0 Å². The Bertz CT molecular complexity index is 605. The van der Waals surface area contributed by atoms with Crippen molar-refractivity contribution in [2.45, 2.75) is 25.6 Å². The van der Waals surface area contributed by atoms with Crippen molar-refractivity contribution in [2.24, 2.45) is 0 Å². The number of nitrogens with zero attached hydrogens (tertiary/aromatic N) is 2. The lowest BCUT2D eigenvalue weighted by atomic mass is 10.3. The second-order valence-electron chi connectivity index (χ2n) is 4.72. The summed E-state index contributed by atoms with van der Waals surface area (Å²) in [7, 11) is 0. The number of aromatic nitrogens is 2. The Balaban J connectivity index is 1.56. The molecule has 1 aromatic carbocycles. The van der Waals surface area contributed by atoms with Gasteiger partial charge >= 0.3 is 0 Å². The van der Waals surface area contributed by atoms with Gasteiger partial charge in [-0.25, -0.2) is 4.68 Å². The van der Waals surface area contributed by atoms with E-state index in [0.29, 0.717) is 11.7 Å². The lowest BCUT2D eigenvalue weighted by Crippen LogP contribution is -2.26. The maximum Gasteiger partial charge on any atom is 0.271 e. The van der Waals surface area contributed by atoms with E-state index < -0.39 is 0 Å². The van der Waals surface area contributed by atoms with Crippen molar-refractivity contribution in [3.63, 3.8) is 0 Å². The van der Waals surface area contributed by atoms with Gasteiger partial charge in [-0.1, -0.05) is 15.9 Å². The van der Waals surface area contributed by atoms with E-state index in [1.54, 1.807) is 16.9 Å². The van der Waals surface area contributed by atoms with Gasteiger partial charge in [-0.15, -0.1) is 0 Å². The van der Waals surface area contributed by atoms with Crippen LogP contribution >= 0.6 is 15.9 Å². The summed E-state index contributed by atoms with van der Waals surface area (Å²) in [6, 6.07) is 9.59. The molecular formula is C14H14BrN3O2. The molecule has 0 bridgehead atoms. The number of ether oxygens (including phenoxy) is 1. The number of amides is 1. The van der Waals surface area contributed by atoms with E-state index >= 15 is 0 Å². The van der Waals surface area contributed by atoms with Crippen LogP contribution in [0.3, 0.4) is 0 Å². The van der Waals surface area contributed by atoms with Crippen molar-refractivity contribution in [3.05, 3.63) is 46.7 Å². The van der Waals surface area contributed by atoms with Crippen LogP contribution < -0.4 is 10.1 Å². The standard InChI is InChI=1S/C14H14BrN3O2/c15-10-1-5-12(6-2-10)20-9-18-8-7-13(17-18)14(19)16-11-3-4-11/h1-2,5-8,11H,3-4,9H2,(H,16,19). The highest BCUT2D eigenvalue weighted by Crippen LogP contribution is 2.19. The van der Waals surface area contributed by atoms with Crippen molar-refractivity contribution < 1.29 is 9.53 Å². The van der Waals surface area contributed by atoms with Gasteiger partial charge in [-0.3, -0.25) is 4.79 Å². The minimum Gasteiger partial charge on any atom is -0.471 e. The molecule has 1 amide bonds. The second-order valence-corrected chi connectivity index (χ2v) is 5.63. The molecule has 0 unspecified atom stereocenters. The summed E-state index contributed by atoms with van der Waals surface area (Å²) >= 11 is 3.37. The molecule has 0 saturated heterocycles. The Morgan fingerprint density at radius 2 is 2.10 bits per heavy atom. The van der Waals surface area contributed by atoms with E-state index in [2.05, 4.69) is 26.3 Å². The Kier molecular flexibility index (Phi) is 3.73. The van der Waals surface area contributed by atoms with E-state index in [1.807, 2.05) is 24.3 Å². The number of nitrogens with one attached hydrogen (secondary N) is 1. The molecule has 20 heavy (non-hydrogen) atoms. The Labute approximate surface area is 125 Å². The third-order valence-corrected chi connectivity index (χ3v) is 3.49. The average molecular weight is 336 g/mol. The number of hydrogen-bond acceptors (Lipinski definition) is 3. The first-order valence-corrected chi connectivity index (χ1v) is 7.23. The third kappa shape index (κ3) is 3.39. The molecule has 0 radical (unpaired) electrons. The van der Waals surface area contributed by atoms with Gasteiger partial charge in [0.05, 0.1) is 0 Å². The molecule has 0 spiro atoms. The molecule has 5 nitrogen and oxygen atoms in total. The molecule has 6 heteroatoms. The summed E-state index contributed by atoms with van der Waals surface area (Å²) in [6.45, 7) is 0.276. The number of hydrogen-bond donors (Lipinski definition) is 1. The molecule has 1 aromatic heterocycles. The molecule has 1 heterocycles. The highest BCUT2D eigenvalue weighted by Gasteiger charge is 2.24. The molecule has 0 aliphatic heterocycles. The summed E-state index contributed by atoms with van der Waals surface area (Å²) in [6.07, 6.45) is 3.87. The molecule has 1 N–H and O–H groups in total. The van der Waals surface area contributed by atoms with Gasteiger partial charge in [-0.2, -0.15) is 5.10 Å². The van der Waals surface area contributed by atoms with Crippen molar-refractivity contribution in [1.29, 1.82) is 0 Å². The zero-order valence-corrected chi connectivity index (χ0v) is 12.3. The van der Waals surface area contributed by atoms with Gasteiger partial charge in [0.2, 0.25) is 0 Å². The van der Waals surface area contributed by atoms with E-state index in [0.717, 1.165) is 23.1 Å². The molecule has 1 fully saturated rings. The molecule has 2 aromatic rings. The van der Waals surface area contributed by atoms with Crippen LogP contribution in [0.2, 0.25) is 0 Å². The topological polar surface area (TPSA) is 56.2 Å². The maximum absolute atomic E-state index is 11.8. The molecule has 1 saturated carbocycles. The quantitative estimate of drug-likeness (QED) is 0.913. The van der Waals surface area contributed by atoms with Gasteiger partial charge in [-0.05, 0) is 43.2 Å². The van der Waals surface area contributed by atoms with E-state index in [-0.39, 0.29) is 12.6 Å². The third-order valence-electron chi connectivity index (χ3n) is 2.96. The molecular weight excluding hydrogens is 322 g/mol. The van der Waals surface area contributed by atoms with Crippen molar-refractivity contribution in [2.75, 3.05) is 0 Å². The lowest BCUT2D eigenvalue weighted by Gasteiger charge is -2.06. The molecule has 3 rings (SSSR count). The predicted octanol–water partition coefficient (Wildman–Crippen LogP) is 2.57.